The third-order valence-electron chi connectivity index (χ3n) is 3.04. The molecule has 0 aromatic heterocycles. The molecule has 0 heterocycles. The molecule has 108 valence electrons. The van der Waals surface area contributed by atoms with E-state index in [2.05, 4.69) is 36.6 Å². The lowest BCUT2D eigenvalue weighted by Crippen LogP contribution is -2.41. The van der Waals surface area contributed by atoms with Gasteiger partial charge in [-0.25, -0.2) is 13.1 Å². The Hall–Kier alpha value is 0.0500. The van der Waals surface area contributed by atoms with E-state index in [1.54, 1.807) is 6.07 Å². The Morgan fingerprint density at radius 2 is 1.95 bits per heavy atom. The van der Waals surface area contributed by atoms with Gasteiger partial charge in [0.25, 0.3) is 0 Å². The van der Waals surface area contributed by atoms with E-state index in [-0.39, 0.29) is 17.4 Å². The molecule has 0 radical (unpaired) electrons. The van der Waals surface area contributed by atoms with Crippen LogP contribution in [0.1, 0.15) is 20.3 Å². The van der Waals surface area contributed by atoms with Gasteiger partial charge < -0.3 is 5.11 Å². The Bertz CT molecular complexity index is 534. The summed E-state index contributed by atoms with van der Waals surface area (Å²) in [4.78, 5) is 0.171. The van der Waals surface area contributed by atoms with Crippen molar-refractivity contribution in [3.05, 3.63) is 27.1 Å². The number of halogens is 2. The van der Waals surface area contributed by atoms with Crippen LogP contribution in [0.3, 0.4) is 0 Å². The predicted molar refractivity (Wildman–Crippen MR) is 82.5 cm³/mol. The van der Waals surface area contributed by atoms with E-state index in [9.17, 15) is 13.5 Å². The molecule has 0 aliphatic heterocycles. The lowest BCUT2D eigenvalue weighted by Gasteiger charge is -2.22. The molecular weight excluding hydrogens is 398 g/mol. The van der Waals surface area contributed by atoms with Crippen molar-refractivity contribution < 1.29 is 13.5 Å². The van der Waals surface area contributed by atoms with Crippen LogP contribution in [0.15, 0.2) is 32.0 Å². The number of rotatable bonds is 6. The first kappa shape index (κ1) is 17.1. The monoisotopic (exact) mass is 413 g/mol. The molecule has 2 N–H and O–H groups in total. The molecule has 1 rings (SSSR count). The third-order valence-corrected chi connectivity index (χ3v) is 6.40. The lowest BCUT2D eigenvalue weighted by atomic mass is 10.0. The maximum atomic E-state index is 12.2. The summed E-state index contributed by atoms with van der Waals surface area (Å²) in [5.74, 6) is 0.0682. The van der Waals surface area contributed by atoms with Crippen LogP contribution < -0.4 is 4.72 Å². The number of aliphatic hydroxyl groups excluding tert-OH is 1. The fraction of sp³-hybridized carbons (Fsp3) is 0.500. The number of sulfonamides is 1. The Morgan fingerprint density at radius 3 is 2.42 bits per heavy atom. The second-order valence-corrected chi connectivity index (χ2v) is 7.79. The van der Waals surface area contributed by atoms with Crippen LogP contribution in [0.4, 0.5) is 0 Å². The zero-order valence-corrected chi connectivity index (χ0v) is 14.7. The quantitative estimate of drug-likeness (QED) is 0.751. The van der Waals surface area contributed by atoms with Gasteiger partial charge >= 0.3 is 0 Å². The van der Waals surface area contributed by atoms with Gasteiger partial charge in [0, 0.05) is 15.0 Å². The molecule has 19 heavy (non-hydrogen) atoms. The van der Waals surface area contributed by atoms with Crippen molar-refractivity contribution in [1.82, 2.24) is 4.72 Å². The van der Waals surface area contributed by atoms with Crippen molar-refractivity contribution in [2.24, 2.45) is 5.92 Å². The highest BCUT2D eigenvalue weighted by Gasteiger charge is 2.23. The van der Waals surface area contributed by atoms with Gasteiger partial charge in [-0.15, -0.1) is 0 Å². The molecule has 1 unspecified atom stereocenters. The molecule has 0 fully saturated rings. The van der Waals surface area contributed by atoms with Gasteiger partial charge in [-0.2, -0.15) is 0 Å². The van der Waals surface area contributed by atoms with E-state index in [1.165, 1.54) is 12.1 Å². The summed E-state index contributed by atoms with van der Waals surface area (Å²) in [5, 5.41) is 9.29. The Morgan fingerprint density at radius 1 is 1.32 bits per heavy atom. The Labute approximate surface area is 130 Å². The minimum Gasteiger partial charge on any atom is -0.395 e. The van der Waals surface area contributed by atoms with E-state index >= 15 is 0 Å². The second kappa shape index (κ2) is 7.17. The van der Waals surface area contributed by atoms with E-state index in [0.29, 0.717) is 4.47 Å². The standard InChI is InChI=1S/C12H17Br2NO3S/c1-3-8(2)12(7-16)15-19(17,18)9-4-5-10(13)11(14)6-9/h4-6,8,12,15-16H,3,7H2,1-2H3/t8-,12?/m0/s1. The largest absolute Gasteiger partial charge is 0.395 e. The van der Waals surface area contributed by atoms with Gasteiger partial charge in [-0.1, -0.05) is 20.3 Å². The molecule has 1 aromatic rings. The molecule has 7 heteroatoms. The first-order chi connectivity index (χ1) is 8.81. The van der Waals surface area contributed by atoms with Crippen LogP contribution in [-0.4, -0.2) is 26.2 Å². The van der Waals surface area contributed by atoms with Crippen molar-refractivity contribution in [2.75, 3.05) is 6.61 Å². The van der Waals surface area contributed by atoms with E-state index in [1.807, 2.05) is 13.8 Å². The molecule has 0 aliphatic carbocycles. The minimum atomic E-state index is -3.63. The van der Waals surface area contributed by atoms with Crippen LogP contribution in [0.5, 0.6) is 0 Å². The van der Waals surface area contributed by atoms with Crippen molar-refractivity contribution in [2.45, 2.75) is 31.2 Å². The number of nitrogens with one attached hydrogen (secondary N) is 1. The van der Waals surface area contributed by atoms with Gasteiger partial charge in [0.15, 0.2) is 0 Å². The van der Waals surface area contributed by atoms with Crippen LogP contribution >= 0.6 is 31.9 Å². The fourth-order valence-corrected chi connectivity index (χ4v) is 3.67. The third kappa shape index (κ3) is 4.53. The van der Waals surface area contributed by atoms with Crippen molar-refractivity contribution >= 4 is 41.9 Å². The van der Waals surface area contributed by atoms with Crippen LogP contribution in [-0.2, 0) is 10.0 Å². The van der Waals surface area contributed by atoms with Crippen molar-refractivity contribution in [3.63, 3.8) is 0 Å². The molecular formula is C12H17Br2NO3S. The van der Waals surface area contributed by atoms with Crippen molar-refractivity contribution in [3.8, 4) is 0 Å². The van der Waals surface area contributed by atoms with E-state index in [0.717, 1.165) is 10.9 Å². The smallest absolute Gasteiger partial charge is 0.240 e. The molecule has 4 nitrogen and oxygen atoms in total. The first-order valence-corrected chi connectivity index (χ1v) is 8.97. The molecule has 0 saturated carbocycles. The summed E-state index contributed by atoms with van der Waals surface area (Å²) in [6.45, 7) is 3.64. The summed E-state index contributed by atoms with van der Waals surface area (Å²) < 4.78 is 28.4. The highest BCUT2D eigenvalue weighted by molar-refractivity contribution is 9.13. The highest BCUT2D eigenvalue weighted by Crippen LogP contribution is 2.26. The van der Waals surface area contributed by atoms with Gasteiger partial charge in [-0.3, -0.25) is 0 Å². The predicted octanol–water partition coefficient (Wildman–Crippen LogP) is 2.90. The molecule has 0 saturated heterocycles. The Kier molecular flexibility index (Phi) is 6.46. The Balaban J connectivity index is 3.00. The number of aliphatic hydroxyl groups is 1. The van der Waals surface area contributed by atoms with Crippen LogP contribution in [0.2, 0.25) is 0 Å². The minimum absolute atomic E-state index is 0.0682. The SMILES string of the molecule is CC[C@H](C)C(CO)NS(=O)(=O)c1ccc(Br)c(Br)c1. The lowest BCUT2D eigenvalue weighted by molar-refractivity contribution is 0.219. The molecule has 2 atom stereocenters. The van der Waals surface area contributed by atoms with Gasteiger partial charge in [0.2, 0.25) is 10.0 Å². The highest BCUT2D eigenvalue weighted by atomic mass is 79.9. The first-order valence-electron chi connectivity index (χ1n) is 5.90. The maximum Gasteiger partial charge on any atom is 0.240 e. The summed E-state index contributed by atoms with van der Waals surface area (Å²) in [7, 11) is -3.63. The number of hydrogen-bond donors (Lipinski definition) is 2. The molecule has 1 aromatic carbocycles. The maximum absolute atomic E-state index is 12.2. The summed E-state index contributed by atoms with van der Waals surface area (Å²) in [5.41, 5.74) is 0. The second-order valence-electron chi connectivity index (χ2n) is 4.37. The molecule has 0 amide bonds. The topological polar surface area (TPSA) is 66.4 Å². The summed E-state index contributed by atoms with van der Waals surface area (Å²) in [6, 6.07) is 4.23. The summed E-state index contributed by atoms with van der Waals surface area (Å²) >= 11 is 6.57. The van der Waals surface area contributed by atoms with Gasteiger partial charge in [0.05, 0.1) is 11.5 Å². The molecule has 0 bridgehead atoms. The zero-order chi connectivity index (χ0) is 14.6. The van der Waals surface area contributed by atoms with Crippen LogP contribution in [0, 0.1) is 5.92 Å². The van der Waals surface area contributed by atoms with Gasteiger partial charge in [-0.05, 0) is 56.0 Å². The van der Waals surface area contributed by atoms with Crippen LogP contribution in [0.25, 0.3) is 0 Å². The molecule has 0 aliphatic rings. The average molecular weight is 415 g/mol. The fourth-order valence-electron chi connectivity index (χ4n) is 1.53. The summed E-state index contributed by atoms with van der Waals surface area (Å²) in [6.07, 6.45) is 0.789. The number of hydrogen-bond acceptors (Lipinski definition) is 3. The van der Waals surface area contributed by atoms with E-state index < -0.39 is 16.1 Å². The van der Waals surface area contributed by atoms with Crippen molar-refractivity contribution in [1.29, 1.82) is 0 Å². The van der Waals surface area contributed by atoms with Gasteiger partial charge in [0.1, 0.15) is 0 Å². The van der Waals surface area contributed by atoms with E-state index in [4.69, 9.17) is 0 Å². The zero-order valence-electron chi connectivity index (χ0n) is 10.7. The number of benzene rings is 1. The average Bonchev–Trinajstić information content (AvgIpc) is 2.38. The molecule has 0 spiro atoms. The normalized spacial score (nSPS) is 15.2.